The lowest BCUT2D eigenvalue weighted by atomic mass is 9.68. The molecule has 1 heterocycles. The van der Waals surface area contributed by atoms with Crippen LogP contribution < -0.4 is 5.73 Å². The Labute approximate surface area is 118 Å². The molecule has 0 bridgehead atoms. The highest BCUT2D eigenvalue weighted by Gasteiger charge is 2.37. The molecule has 2 aliphatic rings. The van der Waals surface area contributed by atoms with Gasteiger partial charge in [0.25, 0.3) is 0 Å². The molecule has 112 valence electrons. The summed E-state index contributed by atoms with van der Waals surface area (Å²) in [5.41, 5.74) is 6.70. The summed E-state index contributed by atoms with van der Waals surface area (Å²) in [7, 11) is 1.79. The maximum Gasteiger partial charge on any atom is 0.0503 e. The zero-order valence-corrected chi connectivity index (χ0v) is 12.9. The van der Waals surface area contributed by atoms with E-state index in [0.29, 0.717) is 17.4 Å². The van der Waals surface area contributed by atoms with Gasteiger partial charge in [0.15, 0.2) is 0 Å². The molecule has 0 amide bonds. The Morgan fingerprint density at radius 2 is 1.74 bits per heavy atom. The molecule has 1 aliphatic carbocycles. The highest BCUT2D eigenvalue weighted by molar-refractivity contribution is 4.91. The number of methoxy groups -OCH3 is 1. The summed E-state index contributed by atoms with van der Waals surface area (Å²) < 4.78 is 5.30. The minimum atomic E-state index is 0.501. The molecule has 2 fully saturated rings. The van der Waals surface area contributed by atoms with Crippen molar-refractivity contribution in [1.29, 1.82) is 0 Å². The van der Waals surface area contributed by atoms with Crippen molar-refractivity contribution in [2.24, 2.45) is 17.1 Å². The van der Waals surface area contributed by atoms with Gasteiger partial charge in [-0.3, -0.25) is 4.90 Å². The topological polar surface area (TPSA) is 38.5 Å². The van der Waals surface area contributed by atoms with Crippen LogP contribution in [0.25, 0.3) is 0 Å². The lowest BCUT2D eigenvalue weighted by Gasteiger charge is -2.47. The first kappa shape index (κ1) is 15.3. The molecule has 3 nitrogen and oxygen atoms in total. The second-order valence-electron chi connectivity index (χ2n) is 6.83. The van der Waals surface area contributed by atoms with Gasteiger partial charge in [-0.05, 0) is 50.1 Å². The Bertz CT molecular complexity index is 253. The third-order valence-corrected chi connectivity index (χ3v) is 5.57. The number of nitrogens with zero attached hydrogens (tertiary/aromatic N) is 1. The first-order valence-corrected chi connectivity index (χ1v) is 8.14. The first-order chi connectivity index (χ1) is 9.21. The molecule has 2 unspecified atom stereocenters. The van der Waals surface area contributed by atoms with Crippen molar-refractivity contribution in [2.75, 3.05) is 33.4 Å². The minimum absolute atomic E-state index is 0.501. The number of piperidine rings is 1. The van der Waals surface area contributed by atoms with Crippen LogP contribution in [0.2, 0.25) is 0 Å². The summed E-state index contributed by atoms with van der Waals surface area (Å²) in [6.45, 7) is 6.35. The third kappa shape index (κ3) is 3.71. The summed E-state index contributed by atoms with van der Waals surface area (Å²) >= 11 is 0. The van der Waals surface area contributed by atoms with Gasteiger partial charge in [0.1, 0.15) is 0 Å². The van der Waals surface area contributed by atoms with Gasteiger partial charge < -0.3 is 10.5 Å². The highest BCUT2D eigenvalue weighted by atomic mass is 16.5. The Hall–Kier alpha value is -0.120. The van der Waals surface area contributed by atoms with Gasteiger partial charge in [0.2, 0.25) is 0 Å². The number of rotatable bonds is 5. The zero-order chi connectivity index (χ0) is 13.7. The molecular weight excluding hydrogens is 236 g/mol. The normalized spacial score (nSPS) is 27.3. The molecule has 1 aliphatic heterocycles. The van der Waals surface area contributed by atoms with Crippen molar-refractivity contribution < 1.29 is 4.74 Å². The predicted octanol–water partition coefficient (Wildman–Crippen LogP) is 2.64. The summed E-state index contributed by atoms with van der Waals surface area (Å²) in [5.74, 6) is 0.537. The Kier molecular flexibility index (Phi) is 5.67. The number of nitrogens with two attached hydrogens (primary N) is 1. The molecule has 1 saturated carbocycles. The molecule has 19 heavy (non-hydrogen) atoms. The molecular formula is C16H32N2O. The summed E-state index contributed by atoms with van der Waals surface area (Å²) in [6, 6.07) is 0.501. The van der Waals surface area contributed by atoms with E-state index in [2.05, 4.69) is 11.8 Å². The second-order valence-corrected chi connectivity index (χ2v) is 6.83. The van der Waals surface area contributed by atoms with E-state index < -0.39 is 0 Å². The minimum Gasteiger partial charge on any atom is -0.384 e. The lowest BCUT2D eigenvalue weighted by Crippen LogP contribution is -2.51. The molecule has 2 atom stereocenters. The highest BCUT2D eigenvalue weighted by Crippen LogP contribution is 2.44. The van der Waals surface area contributed by atoms with Gasteiger partial charge in [0.05, 0.1) is 6.61 Å². The van der Waals surface area contributed by atoms with E-state index in [-0.39, 0.29) is 0 Å². The van der Waals surface area contributed by atoms with Gasteiger partial charge in [0, 0.05) is 19.7 Å². The van der Waals surface area contributed by atoms with Crippen LogP contribution >= 0.6 is 0 Å². The van der Waals surface area contributed by atoms with Gasteiger partial charge in [-0.2, -0.15) is 0 Å². The van der Waals surface area contributed by atoms with Crippen molar-refractivity contribution in [3.8, 4) is 0 Å². The average Bonchev–Trinajstić information content (AvgIpc) is 2.43. The molecule has 1 spiro atoms. The summed E-state index contributed by atoms with van der Waals surface area (Å²) in [5, 5.41) is 0. The molecule has 3 heteroatoms. The maximum absolute atomic E-state index is 6.01. The van der Waals surface area contributed by atoms with Crippen molar-refractivity contribution in [3.05, 3.63) is 0 Å². The van der Waals surface area contributed by atoms with Crippen LogP contribution in [0.5, 0.6) is 0 Å². The SMILES string of the molecule is COCC(C)C(CN)N1CCC2(CCCCC2)CC1. The second kappa shape index (κ2) is 7.05. The van der Waals surface area contributed by atoms with Crippen molar-refractivity contribution in [3.63, 3.8) is 0 Å². The van der Waals surface area contributed by atoms with E-state index in [0.717, 1.165) is 13.2 Å². The quantitative estimate of drug-likeness (QED) is 0.833. The van der Waals surface area contributed by atoms with E-state index in [1.807, 2.05) is 0 Å². The fraction of sp³-hybridized carbons (Fsp3) is 1.00. The van der Waals surface area contributed by atoms with E-state index in [4.69, 9.17) is 10.5 Å². The summed E-state index contributed by atoms with van der Waals surface area (Å²) in [6.07, 6.45) is 10.1. The fourth-order valence-electron chi connectivity index (χ4n) is 4.25. The van der Waals surface area contributed by atoms with Crippen molar-refractivity contribution in [1.82, 2.24) is 4.90 Å². The molecule has 0 aromatic rings. The average molecular weight is 268 g/mol. The number of ether oxygens (including phenoxy) is 1. The van der Waals surface area contributed by atoms with Crippen LogP contribution in [0.15, 0.2) is 0 Å². The Balaban J connectivity index is 1.87. The number of hydrogen-bond donors (Lipinski definition) is 1. The number of likely N-dealkylation sites (tertiary alicyclic amines) is 1. The van der Waals surface area contributed by atoms with Crippen LogP contribution in [0.4, 0.5) is 0 Å². The van der Waals surface area contributed by atoms with Gasteiger partial charge >= 0.3 is 0 Å². The fourth-order valence-corrected chi connectivity index (χ4v) is 4.25. The smallest absolute Gasteiger partial charge is 0.0503 e. The van der Waals surface area contributed by atoms with Crippen LogP contribution in [-0.2, 0) is 4.74 Å². The van der Waals surface area contributed by atoms with E-state index >= 15 is 0 Å². The van der Waals surface area contributed by atoms with Crippen LogP contribution in [0.1, 0.15) is 51.9 Å². The first-order valence-electron chi connectivity index (χ1n) is 8.14. The van der Waals surface area contributed by atoms with E-state index in [1.54, 1.807) is 7.11 Å². The predicted molar refractivity (Wildman–Crippen MR) is 80.2 cm³/mol. The monoisotopic (exact) mass is 268 g/mol. The largest absolute Gasteiger partial charge is 0.384 e. The molecule has 2 rings (SSSR count). The Morgan fingerprint density at radius 3 is 2.26 bits per heavy atom. The third-order valence-electron chi connectivity index (χ3n) is 5.57. The van der Waals surface area contributed by atoms with E-state index in [1.165, 1.54) is 58.0 Å². The van der Waals surface area contributed by atoms with Crippen molar-refractivity contribution >= 4 is 0 Å². The molecule has 0 aromatic heterocycles. The standard InChI is InChI=1S/C16H32N2O/c1-14(13-19-2)15(12-17)18-10-8-16(9-11-18)6-4-3-5-7-16/h14-15H,3-13,17H2,1-2H3. The molecule has 1 saturated heterocycles. The van der Waals surface area contributed by atoms with Crippen LogP contribution in [0, 0.1) is 11.3 Å². The lowest BCUT2D eigenvalue weighted by molar-refractivity contribution is 0.0189. The maximum atomic E-state index is 6.01. The number of hydrogen-bond acceptors (Lipinski definition) is 3. The van der Waals surface area contributed by atoms with Gasteiger partial charge in [-0.15, -0.1) is 0 Å². The molecule has 0 aromatic carbocycles. The van der Waals surface area contributed by atoms with Crippen LogP contribution in [0.3, 0.4) is 0 Å². The molecule has 0 radical (unpaired) electrons. The van der Waals surface area contributed by atoms with Crippen LogP contribution in [-0.4, -0.2) is 44.3 Å². The zero-order valence-electron chi connectivity index (χ0n) is 12.9. The van der Waals surface area contributed by atoms with Gasteiger partial charge in [-0.1, -0.05) is 26.2 Å². The van der Waals surface area contributed by atoms with Crippen molar-refractivity contribution in [2.45, 2.75) is 57.9 Å². The van der Waals surface area contributed by atoms with E-state index in [9.17, 15) is 0 Å². The van der Waals surface area contributed by atoms with Gasteiger partial charge in [-0.25, -0.2) is 0 Å². The Morgan fingerprint density at radius 1 is 1.11 bits per heavy atom. The summed E-state index contributed by atoms with van der Waals surface area (Å²) in [4.78, 5) is 2.63. The molecule has 2 N–H and O–H groups in total.